The molecule has 0 unspecified atom stereocenters. The second-order valence-electron chi connectivity index (χ2n) is 6.31. The summed E-state index contributed by atoms with van der Waals surface area (Å²) in [7, 11) is 3.27. The first-order chi connectivity index (χ1) is 13.2. The molecule has 3 aromatic rings. The van der Waals surface area contributed by atoms with Crippen molar-refractivity contribution in [1.82, 2.24) is 9.88 Å². The van der Waals surface area contributed by atoms with E-state index in [0.717, 1.165) is 34.2 Å². The summed E-state index contributed by atoms with van der Waals surface area (Å²) >= 11 is 1.66. The maximum absolute atomic E-state index is 12.8. The number of fused-ring (bicyclic) bond motifs is 1. The van der Waals surface area contributed by atoms with Crippen molar-refractivity contribution in [2.75, 3.05) is 45.3 Å². The second kappa shape index (κ2) is 7.44. The summed E-state index contributed by atoms with van der Waals surface area (Å²) in [5.41, 5.74) is 1.56. The van der Waals surface area contributed by atoms with E-state index in [4.69, 9.17) is 14.5 Å². The average Bonchev–Trinajstić information content (AvgIpc) is 3.18. The fraction of sp³-hybridized carbons (Fsp3) is 0.300. The van der Waals surface area contributed by atoms with Crippen LogP contribution in [-0.2, 0) is 0 Å². The van der Waals surface area contributed by atoms with Gasteiger partial charge in [0, 0.05) is 31.7 Å². The summed E-state index contributed by atoms with van der Waals surface area (Å²) in [5, 5.41) is 0.975. The normalized spacial score (nSPS) is 14.4. The number of rotatable bonds is 4. The molecular weight excluding hydrogens is 362 g/mol. The predicted molar refractivity (Wildman–Crippen MR) is 107 cm³/mol. The molecule has 0 bridgehead atoms. The molecule has 1 aliphatic heterocycles. The monoisotopic (exact) mass is 383 g/mol. The molecule has 27 heavy (non-hydrogen) atoms. The number of hydrogen-bond acceptors (Lipinski definition) is 6. The van der Waals surface area contributed by atoms with Crippen LogP contribution in [0, 0.1) is 0 Å². The number of carbonyl (C=O) groups excluding carboxylic acids is 1. The summed E-state index contributed by atoms with van der Waals surface area (Å²) in [5.74, 6) is 1.53. The van der Waals surface area contributed by atoms with E-state index in [1.165, 1.54) is 0 Å². The molecule has 2 aromatic carbocycles. The highest BCUT2D eigenvalue weighted by atomic mass is 32.1. The first-order valence-electron chi connectivity index (χ1n) is 8.81. The Morgan fingerprint density at radius 3 is 2.56 bits per heavy atom. The fourth-order valence-electron chi connectivity index (χ4n) is 3.25. The van der Waals surface area contributed by atoms with Gasteiger partial charge in [0.25, 0.3) is 5.91 Å². The SMILES string of the molecule is COc1cccc(C(=O)N2CCN(c3nc4c(OC)cccc4s3)CC2)c1. The molecule has 0 saturated carbocycles. The van der Waals surface area contributed by atoms with Gasteiger partial charge < -0.3 is 19.3 Å². The molecule has 0 atom stereocenters. The number of hydrogen-bond donors (Lipinski definition) is 0. The summed E-state index contributed by atoms with van der Waals surface area (Å²) in [6, 6.07) is 13.3. The number of aromatic nitrogens is 1. The third-order valence-corrected chi connectivity index (χ3v) is 5.83. The van der Waals surface area contributed by atoms with Gasteiger partial charge in [-0.15, -0.1) is 0 Å². The van der Waals surface area contributed by atoms with Gasteiger partial charge in [0.1, 0.15) is 17.0 Å². The number of methoxy groups -OCH3 is 2. The number of benzene rings is 2. The lowest BCUT2D eigenvalue weighted by molar-refractivity contribution is 0.0746. The van der Waals surface area contributed by atoms with Gasteiger partial charge in [-0.2, -0.15) is 0 Å². The van der Waals surface area contributed by atoms with E-state index in [2.05, 4.69) is 11.0 Å². The highest BCUT2D eigenvalue weighted by Gasteiger charge is 2.24. The van der Waals surface area contributed by atoms with Gasteiger partial charge in [-0.05, 0) is 30.3 Å². The van der Waals surface area contributed by atoms with Crippen molar-refractivity contribution in [3.8, 4) is 11.5 Å². The van der Waals surface area contributed by atoms with Gasteiger partial charge >= 0.3 is 0 Å². The molecule has 1 aromatic heterocycles. The van der Waals surface area contributed by atoms with Crippen LogP contribution in [0.2, 0.25) is 0 Å². The van der Waals surface area contributed by atoms with Gasteiger partial charge in [-0.25, -0.2) is 4.98 Å². The molecule has 0 aliphatic carbocycles. The van der Waals surface area contributed by atoms with Crippen molar-refractivity contribution in [3.05, 3.63) is 48.0 Å². The number of para-hydroxylation sites is 1. The summed E-state index contributed by atoms with van der Waals surface area (Å²) in [6.45, 7) is 2.86. The summed E-state index contributed by atoms with van der Waals surface area (Å²) < 4.78 is 11.7. The first kappa shape index (κ1) is 17.6. The van der Waals surface area contributed by atoms with E-state index in [9.17, 15) is 4.79 Å². The lowest BCUT2D eigenvalue weighted by Crippen LogP contribution is -2.48. The number of amides is 1. The summed E-state index contributed by atoms with van der Waals surface area (Å²) in [4.78, 5) is 21.6. The van der Waals surface area contributed by atoms with Gasteiger partial charge in [0.2, 0.25) is 0 Å². The van der Waals surface area contributed by atoms with Gasteiger partial charge in [0.05, 0.1) is 18.9 Å². The van der Waals surface area contributed by atoms with Gasteiger partial charge in [-0.3, -0.25) is 4.79 Å². The van der Waals surface area contributed by atoms with Crippen molar-refractivity contribution < 1.29 is 14.3 Å². The average molecular weight is 383 g/mol. The molecule has 1 fully saturated rings. The Balaban J connectivity index is 1.46. The lowest BCUT2D eigenvalue weighted by Gasteiger charge is -2.34. The molecule has 1 aliphatic rings. The fourth-order valence-corrected chi connectivity index (χ4v) is 4.29. The topological polar surface area (TPSA) is 54.9 Å². The number of ether oxygens (including phenoxy) is 2. The molecule has 0 spiro atoms. The molecule has 0 radical (unpaired) electrons. The molecule has 7 heteroatoms. The van der Waals surface area contributed by atoms with E-state index in [1.807, 2.05) is 35.2 Å². The van der Waals surface area contributed by atoms with Crippen LogP contribution < -0.4 is 14.4 Å². The van der Waals surface area contributed by atoms with E-state index in [-0.39, 0.29) is 5.91 Å². The van der Waals surface area contributed by atoms with E-state index in [0.29, 0.717) is 24.4 Å². The maximum atomic E-state index is 12.8. The molecular formula is C20H21N3O3S. The van der Waals surface area contributed by atoms with Gasteiger partial charge in [-0.1, -0.05) is 23.5 Å². The predicted octanol–water partition coefficient (Wildman–Crippen LogP) is 3.28. The molecule has 2 heterocycles. The zero-order valence-corrected chi connectivity index (χ0v) is 16.2. The number of piperazine rings is 1. The molecule has 6 nitrogen and oxygen atoms in total. The minimum absolute atomic E-state index is 0.0412. The zero-order chi connectivity index (χ0) is 18.8. The number of thiazole rings is 1. The van der Waals surface area contributed by atoms with Crippen molar-refractivity contribution in [2.45, 2.75) is 0 Å². The smallest absolute Gasteiger partial charge is 0.254 e. The van der Waals surface area contributed by atoms with Gasteiger partial charge in [0.15, 0.2) is 5.13 Å². The Hall–Kier alpha value is -2.80. The number of anilines is 1. The summed E-state index contributed by atoms with van der Waals surface area (Å²) in [6.07, 6.45) is 0. The van der Waals surface area contributed by atoms with E-state index < -0.39 is 0 Å². The van der Waals surface area contributed by atoms with Crippen molar-refractivity contribution >= 4 is 32.6 Å². The second-order valence-corrected chi connectivity index (χ2v) is 7.32. The Bertz CT molecular complexity index is 964. The van der Waals surface area contributed by atoms with Crippen LogP contribution in [-0.4, -0.2) is 56.2 Å². The minimum atomic E-state index is 0.0412. The van der Waals surface area contributed by atoms with Crippen LogP contribution in [0.4, 0.5) is 5.13 Å². The highest BCUT2D eigenvalue weighted by Crippen LogP contribution is 2.34. The van der Waals surface area contributed by atoms with Crippen molar-refractivity contribution in [2.24, 2.45) is 0 Å². The van der Waals surface area contributed by atoms with Crippen LogP contribution in [0.5, 0.6) is 11.5 Å². The number of carbonyl (C=O) groups is 1. The van der Waals surface area contributed by atoms with Crippen LogP contribution in [0.1, 0.15) is 10.4 Å². The Labute approximate surface area is 161 Å². The number of nitrogens with zero attached hydrogens (tertiary/aromatic N) is 3. The van der Waals surface area contributed by atoms with Crippen molar-refractivity contribution in [3.63, 3.8) is 0 Å². The molecule has 1 amide bonds. The molecule has 4 rings (SSSR count). The Kier molecular flexibility index (Phi) is 4.85. The lowest BCUT2D eigenvalue weighted by atomic mass is 10.1. The quantitative estimate of drug-likeness (QED) is 0.692. The molecule has 1 saturated heterocycles. The minimum Gasteiger partial charge on any atom is -0.497 e. The van der Waals surface area contributed by atoms with Crippen molar-refractivity contribution in [1.29, 1.82) is 0 Å². The van der Waals surface area contributed by atoms with E-state index >= 15 is 0 Å². The largest absolute Gasteiger partial charge is 0.497 e. The van der Waals surface area contributed by atoms with Crippen LogP contribution in [0.3, 0.4) is 0 Å². The molecule has 0 N–H and O–H groups in total. The third kappa shape index (κ3) is 3.42. The van der Waals surface area contributed by atoms with Crippen LogP contribution >= 0.6 is 11.3 Å². The Morgan fingerprint density at radius 1 is 1.04 bits per heavy atom. The molecule has 140 valence electrons. The first-order valence-corrected chi connectivity index (χ1v) is 9.63. The highest BCUT2D eigenvalue weighted by molar-refractivity contribution is 7.22. The maximum Gasteiger partial charge on any atom is 0.254 e. The Morgan fingerprint density at radius 2 is 1.81 bits per heavy atom. The van der Waals surface area contributed by atoms with E-state index in [1.54, 1.807) is 31.6 Å². The van der Waals surface area contributed by atoms with Crippen LogP contribution in [0.25, 0.3) is 10.2 Å². The zero-order valence-electron chi connectivity index (χ0n) is 15.3. The third-order valence-electron chi connectivity index (χ3n) is 4.74. The van der Waals surface area contributed by atoms with Crippen LogP contribution in [0.15, 0.2) is 42.5 Å². The standard InChI is InChI=1S/C20H21N3O3S/c1-25-15-6-3-5-14(13-15)19(24)22-9-11-23(12-10-22)20-21-18-16(26-2)7-4-8-17(18)27-20/h3-8,13H,9-12H2,1-2H3.